The second kappa shape index (κ2) is 14.6. The van der Waals surface area contributed by atoms with Crippen molar-refractivity contribution in [3.8, 4) is 5.75 Å². The summed E-state index contributed by atoms with van der Waals surface area (Å²) in [5.41, 5.74) is 2.95. The van der Waals surface area contributed by atoms with E-state index >= 15 is 0 Å². The molecular weight excluding hydrogens is 394 g/mol. The number of nitrogens with zero attached hydrogens (tertiary/aromatic N) is 1. The highest BCUT2D eigenvalue weighted by molar-refractivity contribution is 5.85. The van der Waals surface area contributed by atoms with E-state index in [1.54, 1.807) is 0 Å². The van der Waals surface area contributed by atoms with Gasteiger partial charge in [-0.05, 0) is 63.1 Å². The molecule has 1 aliphatic rings. The van der Waals surface area contributed by atoms with Crippen LogP contribution in [-0.2, 0) is 19.2 Å². The van der Waals surface area contributed by atoms with Crippen LogP contribution >= 0.6 is 0 Å². The van der Waals surface area contributed by atoms with Gasteiger partial charge in [-0.2, -0.15) is 0 Å². The van der Waals surface area contributed by atoms with Gasteiger partial charge < -0.3 is 14.3 Å². The van der Waals surface area contributed by atoms with Gasteiger partial charge in [-0.1, -0.05) is 55.8 Å². The maximum atomic E-state index is 12.1. The first-order valence-electron chi connectivity index (χ1n) is 11.7. The molecule has 0 aromatic heterocycles. The molecule has 0 bridgehead atoms. The van der Waals surface area contributed by atoms with Gasteiger partial charge in [0.1, 0.15) is 5.75 Å². The maximum absolute atomic E-state index is 12.1. The summed E-state index contributed by atoms with van der Waals surface area (Å²) in [5, 5.41) is 4.10. The molecule has 1 aromatic rings. The summed E-state index contributed by atoms with van der Waals surface area (Å²) in [5.74, 6) is 0.0312. The third kappa shape index (κ3) is 10.5. The molecule has 0 aliphatic carbocycles. The van der Waals surface area contributed by atoms with Crippen LogP contribution in [0.25, 0.3) is 0 Å². The minimum atomic E-state index is -0.521. The molecule has 1 fully saturated rings. The quantitative estimate of drug-likeness (QED) is 0.341. The SMILES string of the molecule is Cc1cccc(OCC(=O)O/N=C2/CCCCCCCCCCC(=O)OCCC2)c1C. The monoisotopic (exact) mass is 431 g/mol. The van der Waals surface area contributed by atoms with Crippen LogP contribution in [0.5, 0.6) is 5.75 Å². The Morgan fingerprint density at radius 2 is 1.58 bits per heavy atom. The lowest BCUT2D eigenvalue weighted by Crippen LogP contribution is -2.14. The third-order valence-electron chi connectivity index (χ3n) is 5.65. The van der Waals surface area contributed by atoms with Crippen molar-refractivity contribution in [3.05, 3.63) is 29.3 Å². The first-order valence-corrected chi connectivity index (χ1v) is 11.7. The molecule has 1 saturated heterocycles. The first-order chi connectivity index (χ1) is 15.1. The van der Waals surface area contributed by atoms with Crippen molar-refractivity contribution in [1.29, 1.82) is 0 Å². The van der Waals surface area contributed by atoms with Crippen molar-refractivity contribution >= 4 is 17.7 Å². The Bertz CT molecular complexity index is 729. The molecule has 0 N–H and O–H groups in total. The van der Waals surface area contributed by atoms with Crippen LogP contribution in [0.1, 0.15) is 88.2 Å². The van der Waals surface area contributed by atoms with Crippen LogP contribution in [-0.4, -0.2) is 30.9 Å². The summed E-state index contributed by atoms with van der Waals surface area (Å²) in [6, 6.07) is 5.74. The Morgan fingerprint density at radius 3 is 2.32 bits per heavy atom. The summed E-state index contributed by atoms with van der Waals surface area (Å²) in [6.07, 6.45) is 11.6. The summed E-state index contributed by atoms with van der Waals surface area (Å²) < 4.78 is 10.9. The van der Waals surface area contributed by atoms with Crippen LogP contribution < -0.4 is 4.74 Å². The minimum absolute atomic E-state index is 0.124. The number of carbonyl (C=O) groups is 2. The van der Waals surface area contributed by atoms with Crippen molar-refractivity contribution in [2.24, 2.45) is 5.16 Å². The van der Waals surface area contributed by atoms with Crippen molar-refractivity contribution in [3.63, 3.8) is 0 Å². The fourth-order valence-corrected chi connectivity index (χ4v) is 3.57. The Hall–Kier alpha value is -2.37. The lowest BCUT2D eigenvalue weighted by molar-refractivity contribution is -0.146. The Morgan fingerprint density at radius 1 is 0.935 bits per heavy atom. The second-order valence-electron chi connectivity index (χ2n) is 8.26. The van der Waals surface area contributed by atoms with Gasteiger partial charge in [0.25, 0.3) is 0 Å². The van der Waals surface area contributed by atoms with E-state index in [9.17, 15) is 9.59 Å². The van der Waals surface area contributed by atoms with Gasteiger partial charge >= 0.3 is 11.9 Å². The fraction of sp³-hybridized carbons (Fsp3) is 0.640. The summed E-state index contributed by atoms with van der Waals surface area (Å²) in [4.78, 5) is 29.0. The van der Waals surface area contributed by atoms with Gasteiger partial charge in [-0.25, -0.2) is 4.79 Å². The van der Waals surface area contributed by atoms with Gasteiger partial charge in [-0.3, -0.25) is 4.79 Å². The molecule has 1 heterocycles. The average Bonchev–Trinajstić information content (AvgIpc) is 2.75. The van der Waals surface area contributed by atoms with E-state index in [1.165, 1.54) is 25.7 Å². The largest absolute Gasteiger partial charge is 0.482 e. The molecular formula is C25H37NO5. The second-order valence-corrected chi connectivity index (χ2v) is 8.26. The zero-order valence-electron chi connectivity index (χ0n) is 19.1. The Labute approximate surface area is 186 Å². The number of benzene rings is 1. The van der Waals surface area contributed by atoms with E-state index in [0.29, 0.717) is 31.6 Å². The van der Waals surface area contributed by atoms with Gasteiger partial charge in [0.15, 0.2) is 6.61 Å². The minimum Gasteiger partial charge on any atom is -0.482 e. The molecule has 0 atom stereocenters. The van der Waals surface area contributed by atoms with E-state index in [2.05, 4.69) is 5.16 Å². The molecule has 0 saturated carbocycles. The maximum Gasteiger partial charge on any atom is 0.372 e. The molecule has 172 valence electrons. The number of carbonyl (C=O) groups excluding carboxylic acids is 2. The number of oxime groups is 1. The highest BCUT2D eigenvalue weighted by Gasteiger charge is 2.10. The number of ether oxygens (including phenoxy) is 2. The molecule has 0 unspecified atom stereocenters. The standard InChI is InChI=1S/C25H37NO5/c1-20-13-11-16-23(21(20)2)30-19-25(28)31-26-22-14-9-7-5-3-4-6-8-10-17-24(27)29-18-12-15-22/h11,13,16H,3-10,12,14-15,17-19H2,1-2H3/b26-22-. The van der Waals surface area contributed by atoms with Crippen LogP contribution in [0.3, 0.4) is 0 Å². The fourth-order valence-electron chi connectivity index (χ4n) is 3.57. The van der Waals surface area contributed by atoms with Crippen LogP contribution in [0, 0.1) is 13.8 Å². The molecule has 31 heavy (non-hydrogen) atoms. The highest BCUT2D eigenvalue weighted by Crippen LogP contribution is 2.20. The number of hydrogen-bond acceptors (Lipinski definition) is 6. The molecule has 0 spiro atoms. The topological polar surface area (TPSA) is 74.2 Å². The van der Waals surface area contributed by atoms with Crippen molar-refractivity contribution in [2.75, 3.05) is 13.2 Å². The molecule has 1 aromatic carbocycles. The lowest BCUT2D eigenvalue weighted by Gasteiger charge is -2.10. The molecule has 1 aliphatic heterocycles. The molecule has 6 heteroatoms. The van der Waals surface area contributed by atoms with E-state index in [-0.39, 0.29) is 12.6 Å². The number of aryl methyl sites for hydroxylation is 1. The normalized spacial score (nSPS) is 18.9. The lowest BCUT2D eigenvalue weighted by atomic mass is 10.0. The molecule has 0 radical (unpaired) electrons. The van der Waals surface area contributed by atoms with Gasteiger partial charge in [0.05, 0.1) is 12.3 Å². The predicted molar refractivity (Wildman–Crippen MR) is 121 cm³/mol. The zero-order valence-corrected chi connectivity index (χ0v) is 19.1. The first kappa shape index (κ1) is 24.9. The average molecular weight is 432 g/mol. The summed E-state index contributed by atoms with van der Waals surface area (Å²) >= 11 is 0. The van der Waals surface area contributed by atoms with Crippen molar-refractivity contribution < 1.29 is 23.9 Å². The van der Waals surface area contributed by atoms with E-state index < -0.39 is 5.97 Å². The number of cyclic esters (lactones) is 1. The van der Waals surface area contributed by atoms with Gasteiger partial charge in [0.2, 0.25) is 0 Å². The number of hydrogen-bond donors (Lipinski definition) is 0. The summed E-state index contributed by atoms with van der Waals surface area (Å²) in [7, 11) is 0. The van der Waals surface area contributed by atoms with Crippen LogP contribution in [0.2, 0.25) is 0 Å². The van der Waals surface area contributed by atoms with Gasteiger partial charge in [-0.15, -0.1) is 0 Å². The Kier molecular flexibility index (Phi) is 11.7. The van der Waals surface area contributed by atoms with E-state index in [0.717, 1.165) is 48.9 Å². The smallest absolute Gasteiger partial charge is 0.372 e. The van der Waals surface area contributed by atoms with Crippen LogP contribution in [0.4, 0.5) is 0 Å². The van der Waals surface area contributed by atoms with E-state index in [4.69, 9.17) is 14.3 Å². The molecule has 6 nitrogen and oxygen atoms in total. The predicted octanol–water partition coefficient (Wildman–Crippen LogP) is 5.82. The van der Waals surface area contributed by atoms with Crippen molar-refractivity contribution in [2.45, 2.75) is 90.9 Å². The number of esters is 1. The van der Waals surface area contributed by atoms with Crippen LogP contribution in [0.15, 0.2) is 23.4 Å². The molecule has 0 amide bonds. The molecule has 2 rings (SSSR count). The van der Waals surface area contributed by atoms with Crippen molar-refractivity contribution in [1.82, 2.24) is 0 Å². The van der Waals surface area contributed by atoms with Gasteiger partial charge in [0, 0.05) is 6.42 Å². The zero-order chi connectivity index (χ0) is 22.3. The third-order valence-corrected chi connectivity index (χ3v) is 5.65. The van der Waals surface area contributed by atoms with E-state index in [1.807, 2.05) is 32.0 Å². The highest BCUT2D eigenvalue weighted by atomic mass is 16.7. The number of rotatable bonds is 4. The summed E-state index contributed by atoms with van der Waals surface area (Å²) in [6.45, 7) is 4.16. The Balaban J connectivity index is 1.83.